The number of nitriles is 1. The number of hydrogen-bond acceptors (Lipinski definition) is 4. The number of benzene rings is 1. The molecule has 0 bridgehead atoms. The molecule has 0 amide bonds. The molecule has 0 aliphatic heterocycles. The summed E-state index contributed by atoms with van der Waals surface area (Å²) in [5, 5.41) is 11.1. The predicted octanol–water partition coefficient (Wildman–Crippen LogP) is 4.53. The Balaban J connectivity index is 2.36. The third-order valence-corrected chi connectivity index (χ3v) is 3.16. The molecule has 0 aliphatic carbocycles. The number of halogens is 5. The Labute approximate surface area is 130 Å². The van der Waals surface area contributed by atoms with Gasteiger partial charge >= 0.3 is 6.18 Å². The van der Waals surface area contributed by atoms with Gasteiger partial charge in [0.05, 0.1) is 17.3 Å². The molecule has 0 saturated heterocycles. The average molecular weight is 378 g/mol. The lowest BCUT2D eigenvalue weighted by atomic mass is 10.2. The van der Waals surface area contributed by atoms with Gasteiger partial charge in [-0.05, 0) is 34.1 Å². The van der Waals surface area contributed by atoms with E-state index in [4.69, 9.17) is 16.9 Å². The van der Waals surface area contributed by atoms with Crippen molar-refractivity contribution in [2.24, 2.45) is 0 Å². The summed E-state index contributed by atoms with van der Waals surface area (Å²) in [7, 11) is 0. The predicted molar refractivity (Wildman–Crippen MR) is 74.2 cm³/mol. The molecule has 0 saturated carbocycles. The summed E-state index contributed by atoms with van der Waals surface area (Å²) < 4.78 is 38.3. The highest BCUT2D eigenvalue weighted by Crippen LogP contribution is 2.30. The van der Waals surface area contributed by atoms with Gasteiger partial charge in [-0.15, -0.1) is 0 Å². The first kappa shape index (κ1) is 15.5. The summed E-state index contributed by atoms with van der Waals surface area (Å²) in [6.45, 7) is 0. The summed E-state index contributed by atoms with van der Waals surface area (Å²) in [6, 6.07) is 7.68. The first-order valence-electron chi connectivity index (χ1n) is 5.38. The van der Waals surface area contributed by atoms with Crippen LogP contribution in [0.15, 0.2) is 28.7 Å². The fourth-order valence-corrected chi connectivity index (χ4v) is 2.09. The van der Waals surface area contributed by atoms with Gasteiger partial charge in [0.15, 0.2) is 0 Å². The summed E-state index contributed by atoms with van der Waals surface area (Å²) in [6.07, 6.45) is -4.69. The van der Waals surface area contributed by atoms with E-state index in [1.165, 1.54) is 24.3 Å². The monoisotopic (exact) mass is 376 g/mol. The first-order chi connectivity index (χ1) is 9.79. The van der Waals surface area contributed by atoms with E-state index in [9.17, 15) is 13.2 Å². The van der Waals surface area contributed by atoms with Crippen LogP contribution in [0.2, 0.25) is 5.15 Å². The minimum atomic E-state index is -4.69. The van der Waals surface area contributed by atoms with Crippen LogP contribution in [0, 0.1) is 11.3 Å². The van der Waals surface area contributed by atoms with E-state index in [2.05, 4.69) is 31.2 Å². The van der Waals surface area contributed by atoms with Crippen molar-refractivity contribution in [3.8, 4) is 6.07 Å². The van der Waals surface area contributed by atoms with Crippen LogP contribution in [-0.4, -0.2) is 9.97 Å². The van der Waals surface area contributed by atoms with Gasteiger partial charge < -0.3 is 5.32 Å². The van der Waals surface area contributed by atoms with Crippen molar-refractivity contribution < 1.29 is 13.2 Å². The minimum Gasteiger partial charge on any atom is -0.339 e. The lowest BCUT2D eigenvalue weighted by molar-refractivity contribution is -0.144. The van der Waals surface area contributed by atoms with Gasteiger partial charge in [-0.1, -0.05) is 11.6 Å². The molecule has 1 aromatic carbocycles. The van der Waals surface area contributed by atoms with Crippen LogP contribution in [0.4, 0.5) is 24.7 Å². The van der Waals surface area contributed by atoms with Crippen molar-refractivity contribution in [3.05, 3.63) is 45.3 Å². The second kappa shape index (κ2) is 5.87. The molecule has 108 valence electrons. The molecule has 21 heavy (non-hydrogen) atoms. The van der Waals surface area contributed by atoms with Gasteiger partial charge in [-0.2, -0.15) is 18.4 Å². The third-order valence-electron chi connectivity index (χ3n) is 2.31. The van der Waals surface area contributed by atoms with Gasteiger partial charge in [0.2, 0.25) is 5.82 Å². The van der Waals surface area contributed by atoms with Crippen LogP contribution in [0.5, 0.6) is 0 Å². The third kappa shape index (κ3) is 3.83. The second-order valence-electron chi connectivity index (χ2n) is 3.83. The topological polar surface area (TPSA) is 61.6 Å². The fourth-order valence-electron chi connectivity index (χ4n) is 1.43. The first-order valence-corrected chi connectivity index (χ1v) is 6.55. The van der Waals surface area contributed by atoms with Gasteiger partial charge in [0.1, 0.15) is 11.0 Å². The Morgan fingerprint density at radius 3 is 2.52 bits per heavy atom. The van der Waals surface area contributed by atoms with Gasteiger partial charge in [-0.3, -0.25) is 0 Å². The van der Waals surface area contributed by atoms with E-state index in [0.717, 1.165) is 0 Å². The zero-order valence-electron chi connectivity index (χ0n) is 10.0. The van der Waals surface area contributed by atoms with Crippen molar-refractivity contribution in [1.82, 2.24) is 9.97 Å². The Morgan fingerprint density at radius 2 is 1.95 bits per heavy atom. The molecule has 4 nitrogen and oxygen atoms in total. The molecule has 1 aromatic heterocycles. The van der Waals surface area contributed by atoms with Crippen LogP contribution in [0.3, 0.4) is 0 Å². The molecule has 1 heterocycles. The molecule has 0 spiro atoms. The molecule has 0 fully saturated rings. The van der Waals surface area contributed by atoms with E-state index in [0.29, 0.717) is 15.7 Å². The van der Waals surface area contributed by atoms with Crippen LogP contribution < -0.4 is 5.32 Å². The smallest absolute Gasteiger partial charge is 0.339 e. The van der Waals surface area contributed by atoms with Gasteiger partial charge in [-0.25, -0.2) is 9.97 Å². The van der Waals surface area contributed by atoms with Crippen LogP contribution in [0.25, 0.3) is 0 Å². The Bertz CT molecular complexity index is 727. The molecular formula is C12H5BrClF3N4. The second-order valence-corrected chi connectivity index (χ2v) is 5.07. The molecule has 0 radical (unpaired) electrons. The highest BCUT2D eigenvalue weighted by molar-refractivity contribution is 9.10. The van der Waals surface area contributed by atoms with Crippen molar-refractivity contribution in [1.29, 1.82) is 5.26 Å². The molecule has 1 N–H and O–H groups in total. The molecule has 2 aromatic rings. The quantitative estimate of drug-likeness (QED) is 0.781. The Morgan fingerprint density at radius 1 is 1.24 bits per heavy atom. The summed E-state index contributed by atoms with van der Waals surface area (Å²) >= 11 is 8.77. The summed E-state index contributed by atoms with van der Waals surface area (Å²) in [5.41, 5.74) is 0.848. The largest absolute Gasteiger partial charge is 0.451 e. The minimum absolute atomic E-state index is 0.104. The number of nitrogens with zero attached hydrogens (tertiary/aromatic N) is 3. The van der Waals surface area contributed by atoms with E-state index < -0.39 is 12.0 Å². The number of rotatable bonds is 2. The number of nitrogens with one attached hydrogen (secondary N) is 1. The van der Waals surface area contributed by atoms with Crippen LogP contribution >= 0.6 is 27.5 Å². The lowest BCUT2D eigenvalue weighted by Crippen LogP contribution is -2.12. The SMILES string of the molecule is N#Cc1ccc(Nc2cc(Cl)nc(C(F)(F)F)n2)c(Br)c1. The average Bonchev–Trinajstić information content (AvgIpc) is 2.39. The normalized spacial score (nSPS) is 11.0. The zero-order valence-corrected chi connectivity index (χ0v) is 12.4. The number of aromatic nitrogens is 2. The molecule has 0 atom stereocenters. The fraction of sp³-hybridized carbons (Fsp3) is 0.0833. The number of hydrogen-bond donors (Lipinski definition) is 1. The molecule has 0 aliphatic rings. The maximum Gasteiger partial charge on any atom is 0.451 e. The van der Waals surface area contributed by atoms with Gasteiger partial charge in [0, 0.05) is 10.5 Å². The number of alkyl halides is 3. The van der Waals surface area contributed by atoms with E-state index >= 15 is 0 Å². The Kier molecular flexibility index (Phi) is 4.34. The molecule has 2 rings (SSSR count). The molecule has 0 unspecified atom stereocenters. The lowest BCUT2D eigenvalue weighted by Gasteiger charge is -2.11. The van der Waals surface area contributed by atoms with E-state index in [1.807, 2.05) is 6.07 Å². The van der Waals surface area contributed by atoms with Crippen molar-refractivity contribution in [2.75, 3.05) is 5.32 Å². The highest BCUT2D eigenvalue weighted by Gasteiger charge is 2.35. The van der Waals surface area contributed by atoms with Crippen molar-refractivity contribution >= 4 is 39.0 Å². The highest BCUT2D eigenvalue weighted by atomic mass is 79.9. The van der Waals surface area contributed by atoms with Crippen molar-refractivity contribution in [2.45, 2.75) is 6.18 Å². The summed E-state index contributed by atoms with van der Waals surface area (Å²) in [4.78, 5) is 6.50. The molecular weight excluding hydrogens is 373 g/mol. The molecule has 9 heteroatoms. The van der Waals surface area contributed by atoms with E-state index in [1.54, 1.807) is 0 Å². The van der Waals surface area contributed by atoms with E-state index in [-0.39, 0.29) is 11.0 Å². The maximum atomic E-state index is 12.6. The van der Waals surface area contributed by atoms with Crippen LogP contribution in [-0.2, 0) is 6.18 Å². The Hall–Kier alpha value is -1.85. The zero-order chi connectivity index (χ0) is 15.6. The van der Waals surface area contributed by atoms with Crippen LogP contribution in [0.1, 0.15) is 11.4 Å². The number of anilines is 2. The maximum absolute atomic E-state index is 12.6. The summed E-state index contributed by atoms with van der Waals surface area (Å²) in [5.74, 6) is -1.44. The standard InChI is InChI=1S/C12H5BrClF3N4/c13-7-3-6(5-18)1-2-8(7)19-10-4-9(14)20-11(21-10)12(15,16)17/h1-4H,(H,19,20,21). The van der Waals surface area contributed by atoms with Crippen molar-refractivity contribution in [3.63, 3.8) is 0 Å². The van der Waals surface area contributed by atoms with Gasteiger partial charge in [0.25, 0.3) is 0 Å².